The molecule has 88 valence electrons. The molecule has 1 aliphatic rings. The number of rotatable bonds is 2. The zero-order chi connectivity index (χ0) is 12.0. The summed E-state index contributed by atoms with van der Waals surface area (Å²) in [5, 5.41) is 1.14. The number of H-pyrrole nitrogens is 1. The molecule has 3 nitrogen and oxygen atoms in total. The van der Waals surface area contributed by atoms with Gasteiger partial charge in [-0.3, -0.25) is 4.79 Å². The molecule has 0 saturated carbocycles. The number of Topliss-reactive ketones (excluding diaryl/α,β-unsaturated/α-hetero) is 1. The maximum Gasteiger partial charge on any atom is 0.145 e. The smallest absolute Gasteiger partial charge is 0.145 e. The molecule has 1 aromatic carbocycles. The van der Waals surface area contributed by atoms with Gasteiger partial charge in [-0.25, -0.2) is 0 Å². The Kier molecular flexibility index (Phi) is 2.13. The molecule has 0 bridgehead atoms. The number of para-hydroxylation sites is 1. The number of aromatic amines is 1. The van der Waals surface area contributed by atoms with Crippen LogP contribution in [0.2, 0.25) is 0 Å². The van der Waals surface area contributed by atoms with Gasteiger partial charge in [-0.2, -0.15) is 0 Å². The minimum atomic E-state index is -0.427. The van der Waals surface area contributed by atoms with E-state index in [9.17, 15) is 4.79 Å². The van der Waals surface area contributed by atoms with Gasteiger partial charge in [-0.1, -0.05) is 18.2 Å². The van der Waals surface area contributed by atoms with Crippen molar-refractivity contribution in [3.05, 3.63) is 35.5 Å². The molecule has 0 aliphatic carbocycles. The Morgan fingerprint density at radius 2 is 2.06 bits per heavy atom. The quantitative estimate of drug-likeness (QED) is 0.858. The summed E-state index contributed by atoms with van der Waals surface area (Å²) in [4.78, 5) is 15.3. The first-order chi connectivity index (χ1) is 8.15. The summed E-state index contributed by atoms with van der Waals surface area (Å²) in [6.45, 7) is 4.69. The number of carbonyl (C=O) groups excluding carboxylic acids is 1. The predicted octanol–water partition coefficient (Wildman–Crippen LogP) is 2.33. The Bertz CT molecular complexity index is 593. The number of hydrogen-bond acceptors (Lipinski definition) is 2. The van der Waals surface area contributed by atoms with Gasteiger partial charge in [-0.05, 0) is 25.5 Å². The number of carbonyl (C=O) groups is 1. The van der Waals surface area contributed by atoms with Gasteiger partial charge in [0.2, 0.25) is 0 Å². The summed E-state index contributed by atoms with van der Waals surface area (Å²) in [5.74, 6) is 0.191. The lowest BCUT2D eigenvalue weighted by Crippen LogP contribution is -2.52. The molecule has 2 heterocycles. The monoisotopic (exact) mass is 229 g/mol. The Balaban J connectivity index is 2.29. The Labute approximate surface area is 99.8 Å². The first-order valence-electron chi connectivity index (χ1n) is 5.82. The van der Waals surface area contributed by atoms with Crippen LogP contribution in [-0.2, 0) is 14.9 Å². The van der Waals surface area contributed by atoms with E-state index in [1.165, 1.54) is 0 Å². The molecule has 3 rings (SSSR count). The lowest BCUT2D eigenvalue weighted by molar-refractivity contribution is -0.140. The van der Waals surface area contributed by atoms with Crippen molar-refractivity contribution in [3.63, 3.8) is 0 Å². The zero-order valence-electron chi connectivity index (χ0n) is 10.0. The normalized spacial score (nSPS) is 18.0. The second-order valence-corrected chi connectivity index (χ2v) is 4.80. The summed E-state index contributed by atoms with van der Waals surface area (Å²) in [6.07, 6.45) is 0. The third-order valence-corrected chi connectivity index (χ3v) is 3.74. The lowest BCUT2D eigenvalue weighted by atomic mass is 9.74. The Morgan fingerprint density at radius 3 is 2.65 bits per heavy atom. The first-order valence-corrected chi connectivity index (χ1v) is 5.82. The van der Waals surface area contributed by atoms with Crippen LogP contribution in [0.15, 0.2) is 24.3 Å². The van der Waals surface area contributed by atoms with E-state index < -0.39 is 5.41 Å². The van der Waals surface area contributed by atoms with Gasteiger partial charge in [0, 0.05) is 16.6 Å². The molecule has 17 heavy (non-hydrogen) atoms. The topological polar surface area (TPSA) is 42.1 Å². The standard InChI is InChI=1S/C14H15NO2/c1-9-13(14(10(2)16)7-17-8-14)11-5-3-4-6-12(11)15-9/h3-6,15H,7-8H2,1-2H3. The fourth-order valence-electron chi connectivity index (χ4n) is 2.72. The van der Waals surface area contributed by atoms with Crippen molar-refractivity contribution in [1.29, 1.82) is 0 Å². The summed E-state index contributed by atoms with van der Waals surface area (Å²) >= 11 is 0. The minimum Gasteiger partial charge on any atom is -0.378 e. The molecule has 0 atom stereocenters. The number of aryl methyl sites for hydroxylation is 1. The van der Waals surface area contributed by atoms with E-state index in [1.54, 1.807) is 6.92 Å². The SMILES string of the molecule is CC(=O)C1(c2c(C)[nH]c3ccccc23)COC1. The highest BCUT2D eigenvalue weighted by molar-refractivity contribution is 5.97. The Morgan fingerprint density at radius 1 is 1.35 bits per heavy atom. The van der Waals surface area contributed by atoms with Gasteiger partial charge in [0.05, 0.1) is 13.2 Å². The van der Waals surface area contributed by atoms with E-state index in [4.69, 9.17) is 4.74 Å². The van der Waals surface area contributed by atoms with Crippen molar-refractivity contribution in [2.24, 2.45) is 0 Å². The van der Waals surface area contributed by atoms with Crippen LogP contribution in [-0.4, -0.2) is 24.0 Å². The predicted molar refractivity (Wildman–Crippen MR) is 66.2 cm³/mol. The molecule has 1 N–H and O–H groups in total. The van der Waals surface area contributed by atoms with E-state index >= 15 is 0 Å². The molecule has 0 amide bonds. The molecule has 1 aromatic heterocycles. The van der Waals surface area contributed by atoms with E-state index in [2.05, 4.69) is 11.1 Å². The van der Waals surface area contributed by atoms with Crippen molar-refractivity contribution >= 4 is 16.7 Å². The molecule has 3 heteroatoms. The minimum absolute atomic E-state index is 0.191. The van der Waals surface area contributed by atoms with Crippen LogP contribution >= 0.6 is 0 Å². The van der Waals surface area contributed by atoms with Gasteiger partial charge in [-0.15, -0.1) is 0 Å². The average Bonchev–Trinajstić information content (AvgIpc) is 2.54. The fraction of sp³-hybridized carbons (Fsp3) is 0.357. The molecular formula is C14H15NO2. The molecule has 0 spiro atoms. The van der Waals surface area contributed by atoms with E-state index in [1.807, 2.05) is 25.1 Å². The molecule has 0 unspecified atom stereocenters. The van der Waals surface area contributed by atoms with Crippen molar-refractivity contribution < 1.29 is 9.53 Å². The van der Waals surface area contributed by atoms with Crippen molar-refractivity contribution in [2.45, 2.75) is 19.3 Å². The number of fused-ring (bicyclic) bond motifs is 1. The summed E-state index contributed by atoms with van der Waals surface area (Å²) < 4.78 is 5.29. The van der Waals surface area contributed by atoms with Crippen molar-refractivity contribution in [3.8, 4) is 0 Å². The van der Waals surface area contributed by atoms with Crippen LogP contribution < -0.4 is 0 Å². The fourth-order valence-corrected chi connectivity index (χ4v) is 2.72. The molecule has 1 fully saturated rings. The number of ketones is 1. The van der Waals surface area contributed by atoms with Crippen molar-refractivity contribution in [2.75, 3.05) is 13.2 Å². The van der Waals surface area contributed by atoms with Crippen LogP contribution in [0.4, 0.5) is 0 Å². The number of ether oxygens (including phenoxy) is 1. The van der Waals surface area contributed by atoms with Crippen molar-refractivity contribution in [1.82, 2.24) is 4.98 Å². The molecule has 2 aromatic rings. The number of aromatic nitrogens is 1. The highest BCUT2D eigenvalue weighted by Crippen LogP contribution is 2.39. The number of benzene rings is 1. The number of hydrogen-bond donors (Lipinski definition) is 1. The maximum absolute atomic E-state index is 11.9. The van der Waals surface area contributed by atoms with Gasteiger partial charge in [0.1, 0.15) is 11.2 Å². The van der Waals surface area contributed by atoms with Gasteiger partial charge in [0.15, 0.2) is 0 Å². The zero-order valence-corrected chi connectivity index (χ0v) is 10.0. The lowest BCUT2D eigenvalue weighted by Gasteiger charge is -2.39. The molecule has 1 aliphatic heterocycles. The first kappa shape index (κ1) is 10.5. The highest BCUT2D eigenvalue weighted by atomic mass is 16.5. The van der Waals surface area contributed by atoms with Crippen LogP contribution in [0.3, 0.4) is 0 Å². The van der Waals surface area contributed by atoms with Gasteiger partial charge < -0.3 is 9.72 Å². The van der Waals surface area contributed by atoms with Gasteiger partial charge in [0.25, 0.3) is 0 Å². The maximum atomic E-state index is 11.9. The third kappa shape index (κ3) is 1.29. The van der Waals surface area contributed by atoms with Crippen LogP contribution in [0.1, 0.15) is 18.2 Å². The molecular weight excluding hydrogens is 214 g/mol. The van der Waals surface area contributed by atoms with Gasteiger partial charge >= 0.3 is 0 Å². The molecule has 1 saturated heterocycles. The molecule has 0 radical (unpaired) electrons. The second-order valence-electron chi connectivity index (χ2n) is 4.80. The van der Waals surface area contributed by atoms with E-state index in [-0.39, 0.29) is 5.78 Å². The summed E-state index contributed by atoms with van der Waals surface area (Å²) in [7, 11) is 0. The Hall–Kier alpha value is -1.61. The van der Waals surface area contributed by atoms with E-state index in [0.717, 1.165) is 22.2 Å². The van der Waals surface area contributed by atoms with Crippen LogP contribution in [0.5, 0.6) is 0 Å². The summed E-state index contributed by atoms with van der Waals surface area (Å²) in [6, 6.07) is 8.11. The summed E-state index contributed by atoms with van der Waals surface area (Å²) in [5.41, 5.74) is 2.85. The second kappa shape index (κ2) is 3.44. The third-order valence-electron chi connectivity index (χ3n) is 3.74. The number of nitrogens with one attached hydrogen (secondary N) is 1. The van der Waals surface area contributed by atoms with E-state index in [0.29, 0.717) is 13.2 Å². The highest BCUT2D eigenvalue weighted by Gasteiger charge is 2.47. The average molecular weight is 229 g/mol. The largest absolute Gasteiger partial charge is 0.378 e. The van der Waals surface area contributed by atoms with Crippen LogP contribution in [0, 0.1) is 6.92 Å². The van der Waals surface area contributed by atoms with Crippen LogP contribution in [0.25, 0.3) is 10.9 Å².